The van der Waals surface area contributed by atoms with Crippen LogP contribution in [-0.4, -0.2) is 35.2 Å². The van der Waals surface area contributed by atoms with Gasteiger partial charge in [-0.15, -0.1) is 0 Å². The Hall–Kier alpha value is -1.55. The molecule has 0 heterocycles. The molecule has 0 spiro atoms. The van der Waals surface area contributed by atoms with E-state index in [4.69, 9.17) is 0 Å². The first kappa shape index (κ1) is 15.8. The minimum absolute atomic E-state index is 0.251. The molecule has 4 nitrogen and oxygen atoms in total. The van der Waals surface area contributed by atoms with Crippen molar-refractivity contribution >= 4 is 5.97 Å². The van der Waals surface area contributed by atoms with Crippen molar-refractivity contribution in [1.29, 1.82) is 0 Å². The van der Waals surface area contributed by atoms with E-state index >= 15 is 0 Å². The summed E-state index contributed by atoms with van der Waals surface area (Å²) >= 11 is 0. The van der Waals surface area contributed by atoms with E-state index in [2.05, 4.69) is 0 Å². The summed E-state index contributed by atoms with van der Waals surface area (Å²) in [4.78, 5) is 14.0. The topological polar surface area (TPSA) is 60.8 Å². The zero-order valence-corrected chi connectivity index (χ0v) is 13.1. The maximum absolute atomic E-state index is 12.0. The molecule has 1 aromatic rings. The van der Waals surface area contributed by atoms with Crippen molar-refractivity contribution in [1.82, 2.24) is 4.90 Å². The van der Waals surface area contributed by atoms with Gasteiger partial charge in [-0.2, -0.15) is 0 Å². The highest BCUT2D eigenvalue weighted by atomic mass is 16.4. The number of carbonyl (C=O) groups is 1. The molecule has 1 aromatic carbocycles. The molecule has 1 aliphatic rings. The Bertz CT molecular complexity index is 531. The lowest BCUT2D eigenvalue weighted by atomic mass is 9.67. The number of hydrogen-bond donors (Lipinski definition) is 2. The van der Waals surface area contributed by atoms with E-state index in [9.17, 15) is 15.0 Å². The van der Waals surface area contributed by atoms with E-state index in [1.54, 1.807) is 6.07 Å². The Balaban J connectivity index is 2.54. The number of carboxylic acid groups (broad SMARTS) is 1. The van der Waals surface area contributed by atoms with E-state index in [-0.39, 0.29) is 5.75 Å². The van der Waals surface area contributed by atoms with Crippen molar-refractivity contribution < 1.29 is 15.0 Å². The van der Waals surface area contributed by atoms with Gasteiger partial charge < -0.3 is 15.1 Å². The first-order chi connectivity index (χ1) is 9.88. The quantitative estimate of drug-likeness (QED) is 0.895. The van der Waals surface area contributed by atoms with Crippen LogP contribution in [0.15, 0.2) is 12.1 Å². The second kappa shape index (κ2) is 6.06. The minimum Gasteiger partial charge on any atom is -0.508 e. The van der Waals surface area contributed by atoms with Crippen LogP contribution in [0.1, 0.15) is 48.8 Å². The SMILES string of the molecule is Cc1c(C2(C(=O)O)CCCCC2)ccc(O)c1CN(C)C. The average molecular weight is 291 g/mol. The standard InChI is InChI=1S/C17H25NO3/c1-12-13(11-18(2)3)15(19)8-7-14(12)17(16(20)21)9-5-4-6-10-17/h7-8,19H,4-6,9-11H2,1-3H3,(H,20,21). The third-order valence-corrected chi connectivity index (χ3v) is 4.68. The fourth-order valence-electron chi connectivity index (χ4n) is 3.53. The van der Waals surface area contributed by atoms with Crippen LogP contribution in [0.5, 0.6) is 5.75 Å². The van der Waals surface area contributed by atoms with Gasteiger partial charge in [0.2, 0.25) is 0 Å². The highest BCUT2D eigenvalue weighted by molar-refractivity contribution is 5.82. The summed E-state index contributed by atoms with van der Waals surface area (Å²) in [5, 5.41) is 19.9. The second-order valence-corrected chi connectivity index (χ2v) is 6.42. The maximum atomic E-state index is 12.0. The Labute approximate surface area is 126 Å². The summed E-state index contributed by atoms with van der Waals surface area (Å²) in [5.74, 6) is -0.479. The molecule has 2 rings (SSSR count). The van der Waals surface area contributed by atoms with Crippen LogP contribution in [0.25, 0.3) is 0 Å². The molecule has 0 unspecified atom stereocenters. The lowest BCUT2D eigenvalue weighted by Crippen LogP contribution is -2.38. The fourth-order valence-corrected chi connectivity index (χ4v) is 3.53. The van der Waals surface area contributed by atoms with Gasteiger partial charge in [-0.25, -0.2) is 0 Å². The number of phenolic OH excluding ortho intramolecular Hbond substituents is 1. The molecule has 0 aliphatic heterocycles. The average Bonchev–Trinajstić information content (AvgIpc) is 2.43. The predicted molar refractivity (Wildman–Crippen MR) is 82.6 cm³/mol. The number of aromatic hydroxyl groups is 1. The Kier molecular flexibility index (Phi) is 4.57. The maximum Gasteiger partial charge on any atom is 0.314 e. The monoisotopic (exact) mass is 291 g/mol. The highest BCUT2D eigenvalue weighted by Crippen LogP contribution is 2.43. The molecule has 0 amide bonds. The van der Waals surface area contributed by atoms with E-state index < -0.39 is 11.4 Å². The van der Waals surface area contributed by atoms with Crippen LogP contribution < -0.4 is 0 Å². The van der Waals surface area contributed by atoms with Gasteiger partial charge >= 0.3 is 5.97 Å². The molecule has 21 heavy (non-hydrogen) atoms. The van der Waals surface area contributed by atoms with Crippen molar-refractivity contribution in [2.24, 2.45) is 0 Å². The third-order valence-electron chi connectivity index (χ3n) is 4.68. The molecule has 0 radical (unpaired) electrons. The molecular weight excluding hydrogens is 266 g/mol. The van der Waals surface area contributed by atoms with Gasteiger partial charge in [0.05, 0.1) is 5.41 Å². The Morgan fingerprint density at radius 3 is 2.38 bits per heavy atom. The molecule has 0 bridgehead atoms. The van der Waals surface area contributed by atoms with Crippen LogP contribution >= 0.6 is 0 Å². The number of carboxylic acids is 1. The van der Waals surface area contributed by atoms with E-state index in [1.165, 1.54) is 0 Å². The number of benzene rings is 1. The summed E-state index contributed by atoms with van der Waals surface area (Å²) in [7, 11) is 3.89. The molecule has 2 N–H and O–H groups in total. The first-order valence-corrected chi connectivity index (χ1v) is 7.58. The zero-order chi connectivity index (χ0) is 15.6. The zero-order valence-electron chi connectivity index (χ0n) is 13.1. The minimum atomic E-state index is -0.781. The largest absolute Gasteiger partial charge is 0.508 e. The molecule has 4 heteroatoms. The van der Waals surface area contributed by atoms with E-state index in [0.717, 1.165) is 36.0 Å². The summed E-state index contributed by atoms with van der Waals surface area (Å²) in [5.41, 5.74) is 1.86. The van der Waals surface area contributed by atoms with Gasteiger partial charge in [0.25, 0.3) is 0 Å². The molecule has 0 atom stereocenters. The van der Waals surface area contributed by atoms with Crippen LogP contribution in [0.2, 0.25) is 0 Å². The lowest BCUT2D eigenvalue weighted by Gasteiger charge is -2.35. The molecule has 1 aliphatic carbocycles. The van der Waals surface area contributed by atoms with Gasteiger partial charge in [0, 0.05) is 12.1 Å². The van der Waals surface area contributed by atoms with E-state index in [0.29, 0.717) is 19.4 Å². The van der Waals surface area contributed by atoms with Crippen LogP contribution in [0.3, 0.4) is 0 Å². The Morgan fingerprint density at radius 1 is 1.24 bits per heavy atom. The highest BCUT2D eigenvalue weighted by Gasteiger charge is 2.42. The van der Waals surface area contributed by atoms with Gasteiger partial charge in [-0.1, -0.05) is 25.3 Å². The fraction of sp³-hybridized carbons (Fsp3) is 0.588. The van der Waals surface area contributed by atoms with Gasteiger partial charge in [-0.3, -0.25) is 4.79 Å². The summed E-state index contributed by atoms with van der Waals surface area (Å²) in [6.07, 6.45) is 4.40. The normalized spacial score (nSPS) is 17.9. The lowest BCUT2D eigenvalue weighted by molar-refractivity contribution is -0.145. The van der Waals surface area contributed by atoms with Crippen molar-refractivity contribution in [2.75, 3.05) is 14.1 Å². The summed E-state index contributed by atoms with van der Waals surface area (Å²) < 4.78 is 0. The summed E-state index contributed by atoms with van der Waals surface area (Å²) in [6.45, 7) is 2.55. The van der Waals surface area contributed by atoms with Crippen molar-refractivity contribution in [3.63, 3.8) is 0 Å². The third kappa shape index (κ3) is 2.91. The molecular formula is C17H25NO3. The number of rotatable bonds is 4. The van der Waals surface area contributed by atoms with Crippen LogP contribution in [-0.2, 0) is 16.8 Å². The summed E-state index contributed by atoms with van der Waals surface area (Å²) in [6, 6.07) is 3.46. The predicted octanol–water partition coefficient (Wildman–Crippen LogP) is 3.05. The van der Waals surface area contributed by atoms with Gasteiger partial charge in [0.15, 0.2) is 0 Å². The molecule has 1 saturated carbocycles. The number of hydrogen-bond acceptors (Lipinski definition) is 3. The molecule has 1 fully saturated rings. The first-order valence-electron chi connectivity index (χ1n) is 7.58. The second-order valence-electron chi connectivity index (χ2n) is 6.42. The van der Waals surface area contributed by atoms with Crippen molar-refractivity contribution in [3.05, 3.63) is 28.8 Å². The van der Waals surface area contributed by atoms with E-state index in [1.807, 2.05) is 32.0 Å². The number of nitrogens with zero attached hydrogens (tertiary/aromatic N) is 1. The number of phenols is 1. The van der Waals surface area contributed by atoms with Gasteiger partial charge in [-0.05, 0) is 51.1 Å². The van der Waals surface area contributed by atoms with Crippen LogP contribution in [0.4, 0.5) is 0 Å². The number of aliphatic carboxylic acids is 1. The smallest absolute Gasteiger partial charge is 0.314 e. The molecule has 116 valence electrons. The van der Waals surface area contributed by atoms with Crippen LogP contribution in [0, 0.1) is 6.92 Å². The van der Waals surface area contributed by atoms with Gasteiger partial charge in [0.1, 0.15) is 5.75 Å². The van der Waals surface area contributed by atoms with Crippen molar-refractivity contribution in [2.45, 2.75) is 51.0 Å². The molecule has 0 aromatic heterocycles. The molecule has 0 saturated heterocycles. The van der Waals surface area contributed by atoms with Crippen molar-refractivity contribution in [3.8, 4) is 5.75 Å². The Morgan fingerprint density at radius 2 is 1.86 bits per heavy atom.